The number of methoxy groups -OCH3 is 2. The minimum absolute atomic E-state index is 0.140. The largest absolute Gasteiger partial charge is 0.350 e. The molecule has 0 aliphatic heterocycles. The maximum absolute atomic E-state index is 6.84. The lowest BCUT2D eigenvalue weighted by atomic mass is 9.88. The second-order valence-electron chi connectivity index (χ2n) is 5.35. The van der Waals surface area contributed by atoms with Crippen molar-refractivity contribution in [3.05, 3.63) is 22.2 Å². The normalized spacial score (nSPS) is 36.6. The molecule has 1 saturated carbocycles. The monoisotopic (exact) mass is 368 g/mol. The first-order valence-corrected chi connectivity index (χ1v) is 7.91. The van der Waals surface area contributed by atoms with E-state index in [0.717, 1.165) is 5.57 Å². The second-order valence-corrected chi connectivity index (χ2v) is 7.35. The molecule has 2 aliphatic rings. The zero-order valence-corrected chi connectivity index (χ0v) is 15.1. The van der Waals surface area contributed by atoms with E-state index < -0.39 is 15.5 Å². The lowest BCUT2D eigenvalue weighted by Gasteiger charge is -2.41. The van der Waals surface area contributed by atoms with Crippen LogP contribution in [-0.2, 0) is 9.47 Å². The van der Waals surface area contributed by atoms with Crippen LogP contribution in [0.4, 0.5) is 0 Å². The lowest BCUT2D eigenvalue weighted by Crippen LogP contribution is -2.56. The highest BCUT2D eigenvalue weighted by molar-refractivity contribution is 6.51. The van der Waals surface area contributed by atoms with E-state index in [1.165, 1.54) is 14.2 Å². The van der Waals surface area contributed by atoms with E-state index >= 15 is 0 Å². The van der Waals surface area contributed by atoms with Crippen LogP contribution in [0.15, 0.2) is 22.2 Å². The molecule has 2 rings (SSSR count). The fraction of sp³-hybridized carbons (Fsp3) is 0.600. The molecule has 3 unspecified atom stereocenters. The molecule has 0 radical (unpaired) electrons. The summed E-state index contributed by atoms with van der Waals surface area (Å²) < 4.78 is 11.2. The summed E-state index contributed by atoms with van der Waals surface area (Å²) in [6.45, 7) is 5.59. The minimum Gasteiger partial charge on any atom is -0.350 e. The number of rotatable bonds is 3. The van der Waals surface area contributed by atoms with Crippen LogP contribution in [0.25, 0.3) is 0 Å². The Balaban J connectivity index is 2.49. The highest BCUT2D eigenvalue weighted by Gasteiger charge is 2.80. The van der Waals surface area contributed by atoms with Gasteiger partial charge >= 0.3 is 0 Å². The number of hydrogen-bond acceptors (Lipinski definition) is 2. The Morgan fingerprint density at radius 3 is 2.29 bits per heavy atom. The number of alkyl halides is 2. The number of allylic oxidation sites excluding steroid dienone is 1. The molecular formula is C15H16Cl4O2. The van der Waals surface area contributed by atoms with Gasteiger partial charge in [-0.15, -0.1) is 23.2 Å². The molecule has 0 N–H and O–H groups in total. The van der Waals surface area contributed by atoms with Gasteiger partial charge in [-0.3, -0.25) is 0 Å². The van der Waals surface area contributed by atoms with Gasteiger partial charge in [-0.2, -0.15) is 0 Å². The van der Waals surface area contributed by atoms with Crippen LogP contribution in [0.2, 0.25) is 0 Å². The van der Waals surface area contributed by atoms with Crippen LogP contribution in [0.1, 0.15) is 19.8 Å². The van der Waals surface area contributed by atoms with Gasteiger partial charge in [0, 0.05) is 26.6 Å². The number of hydrogen-bond donors (Lipinski definition) is 0. The molecule has 3 atom stereocenters. The summed E-state index contributed by atoms with van der Waals surface area (Å²) in [5.74, 6) is 4.53. The first-order chi connectivity index (χ1) is 9.71. The third-order valence-electron chi connectivity index (χ3n) is 4.18. The third kappa shape index (κ3) is 2.02. The average Bonchev–Trinajstić information content (AvgIpc) is 2.69. The zero-order chi connectivity index (χ0) is 16.1. The van der Waals surface area contributed by atoms with Gasteiger partial charge in [0.15, 0.2) is 0 Å². The van der Waals surface area contributed by atoms with E-state index in [0.29, 0.717) is 12.8 Å². The van der Waals surface area contributed by atoms with Crippen molar-refractivity contribution in [2.24, 2.45) is 5.92 Å². The number of fused-ring (bicyclic) bond motifs is 2. The highest BCUT2D eigenvalue weighted by atomic mass is 35.5. The summed E-state index contributed by atoms with van der Waals surface area (Å²) in [6, 6.07) is 0. The smallest absolute Gasteiger partial charge is 0.217 e. The van der Waals surface area contributed by atoms with Crippen molar-refractivity contribution >= 4 is 46.4 Å². The quantitative estimate of drug-likeness (QED) is 0.410. The van der Waals surface area contributed by atoms with Crippen LogP contribution in [0.3, 0.4) is 0 Å². The summed E-state index contributed by atoms with van der Waals surface area (Å²) in [5, 5.41) is 0.562. The van der Waals surface area contributed by atoms with Gasteiger partial charge in [-0.05, 0) is 18.9 Å². The van der Waals surface area contributed by atoms with Gasteiger partial charge < -0.3 is 9.47 Å². The van der Waals surface area contributed by atoms with E-state index in [1.807, 2.05) is 6.92 Å². The van der Waals surface area contributed by atoms with Gasteiger partial charge in [-0.25, -0.2) is 0 Å². The molecule has 0 saturated heterocycles. The Hall–Kier alpha value is 0.120. The molecular weight excluding hydrogens is 354 g/mol. The average molecular weight is 370 g/mol. The van der Waals surface area contributed by atoms with Crippen molar-refractivity contribution in [1.82, 2.24) is 0 Å². The van der Waals surface area contributed by atoms with Crippen molar-refractivity contribution in [1.29, 1.82) is 0 Å². The van der Waals surface area contributed by atoms with E-state index in [9.17, 15) is 0 Å². The molecule has 2 aliphatic carbocycles. The van der Waals surface area contributed by atoms with Crippen molar-refractivity contribution in [2.75, 3.05) is 14.2 Å². The fourth-order valence-corrected chi connectivity index (χ4v) is 5.39. The molecule has 116 valence electrons. The van der Waals surface area contributed by atoms with Crippen molar-refractivity contribution in [3.63, 3.8) is 0 Å². The second kappa shape index (κ2) is 5.64. The first-order valence-electron chi connectivity index (χ1n) is 6.40. The summed E-state index contributed by atoms with van der Waals surface area (Å²) in [5.41, 5.74) is 0.784. The Labute approximate surface area is 145 Å². The Bertz CT molecular complexity index is 570. The van der Waals surface area contributed by atoms with Gasteiger partial charge in [0.05, 0.1) is 10.1 Å². The van der Waals surface area contributed by atoms with Crippen LogP contribution < -0.4 is 0 Å². The fourth-order valence-electron chi connectivity index (χ4n) is 3.30. The van der Waals surface area contributed by atoms with Gasteiger partial charge in [0.1, 0.15) is 9.75 Å². The zero-order valence-electron chi connectivity index (χ0n) is 12.0. The maximum atomic E-state index is 6.84. The van der Waals surface area contributed by atoms with Crippen LogP contribution in [0, 0.1) is 17.8 Å². The first kappa shape index (κ1) is 17.5. The molecule has 2 nitrogen and oxygen atoms in total. The summed E-state index contributed by atoms with van der Waals surface area (Å²) in [7, 11) is 2.97. The van der Waals surface area contributed by atoms with Gasteiger partial charge in [0.2, 0.25) is 5.79 Å². The van der Waals surface area contributed by atoms with E-state index in [-0.39, 0.29) is 16.0 Å². The predicted octanol–water partition coefficient (Wildman–Crippen LogP) is 4.62. The molecule has 21 heavy (non-hydrogen) atoms. The van der Waals surface area contributed by atoms with Gasteiger partial charge in [0.25, 0.3) is 0 Å². The molecule has 0 amide bonds. The van der Waals surface area contributed by atoms with E-state index in [4.69, 9.17) is 55.9 Å². The number of ether oxygens (including phenoxy) is 2. The summed E-state index contributed by atoms with van der Waals surface area (Å²) in [4.78, 5) is -2.26. The standard InChI is InChI=1S/C15H16Cl4O2/c1-9(2)6-5-7-10-8-13(18)11(16)12(17)14(10,19)15(13,20-3)21-4/h10H,1,7-8H2,2-4H3. The van der Waals surface area contributed by atoms with Crippen molar-refractivity contribution < 1.29 is 9.47 Å². The Morgan fingerprint density at radius 1 is 1.29 bits per heavy atom. The Morgan fingerprint density at radius 2 is 1.86 bits per heavy atom. The molecule has 6 heteroatoms. The van der Waals surface area contributed by atoms with Gasteiger partial charge in [-0.1, -0.05) is 41.6 Å². The predicted molar refractivity (Wildman–Crippen MR) is 88.0 cm³/mol. The van der Waals surface area contributed by atoms with Crippen LogP contribution in [0.5, 0.6) is 0 Å². The third-order valence-corrected chi connectivity index (χ3v) is 6.80. The van der Waals surface area contributed by atoms with E-state index in [2.05, 4.69) is 18.4 Å². The lowest BCUT2D eigenvalue weighted by molar-refractivity contribution is -0.218. The topological polar surface area (TPSA) is 18.5 Å². The molecule has 1 fully saturated rings. The molecule has 0 spiro atoms. The Kier molecular flexibility index (Phi) is 4.69. The molecule has 0 aromatic rings. The molecule has 0 aromatic heterocycles. The van der Waals surface area contributed by atoms with Crippen LogP contribution >= 0.6 is 46.4 Å². The van der Waals surface area contributed by atoms with Crippen molar-refractivity contribution in [2.45, 2.75) is 35.3 Å². The molecule has 0 heterocycles. The van der Waals surface area contributed by atoms with Crippen LogP contribution in [-0.4, -0.2) is 29.8 Å². The highest BCUT2D eigenvalue weighted by Crippen LogP contribution is 2.72. The molecule has 2 bridgehead atoms. The SMILES string of the molecule is C=C(C)C#CCC1CC2(Cl)C(Cl)=C(Cl)C1(Cl)C2(OC)OC. The molecule has 0 aromatic carbocycles. The minimum atomic E-state index is -1.31. The summed E-state index contributed by atoms with van der Waals surface area (Å²) >= 11 is 26.2. The van der Waals surface area contributed by atoms with Crippen molar-refractivity contribution in [3.8, 4) is 11.8 Å². The maximum Gasteiger partial charge on any atom is 0.217 e. The van der Waals surface area contributed by atoms with E-state index in [1.54, 1.807) is 0 Å². The number of halogens is 4. The summed E-state index contributed by atoms with van der Waals surface area (Å²) in [6.07, 6.45) is 0.972.